The molecule has 0 amide bonds. The van der Waals surface area contributed by atoms with Crippen LogP contribution >= 0.6 is 0 Å². The zero-order valence-corrected chi connectivity index (χ0v) is 9.10. The van der Waals surface area contributed by atoms with Crippen molar-refractivity contribution in [2.24, 2.45) is 0 Å². The summed E-state index contributed by atoms with van der Waals surface area (Å²) >= 11 is 0. The first kappa shape index (κ1) is 10.4. The van der Waals surface area contributed by atoms with Gasteiger partial charge in [0.25, 0.3) is 0 Å². The highest BCUT2D eigenvalue weighted by atomic mass is 16.5. The van der Waals surface area contributed by atoms with Gasteiger partial charge >= 0.3 is 0 Å². The van der Waals surface area contributed by atoms with Crippen molar-refractivity contribution in [2.75, 3.05) is 12.4 Å². The fourth-order valence-corrected chi connectivity index (χ4v) is 1.22. The molecule has 16 heavy (non-hydrogen) atoms. The lowest BCUT2D eigenvalue weighted by atomic mass is 10.4. The highest BCUT2D eigenvalue weighted by Crippen LogP contribution is 2.11. The van der Waals surface area contributed by atoms with Gasteiger partial charge in [-0.25, -0.2) is 4.98 Å². The summed E-state index contributed by atoms with van der Waals surface area (Å²) < 4.78 is 9.99. The van der Waals surface area contributed by atoms with Crippen molar-refractivity contribution in [3.8, 4) is 5.88 Å². The van der Waals surface area contributed by atoms with E-state index in [9.17, 15) is 0 Å². The summed E-state index contributed by atoms with van der Waals surface area (Å²) in [5.41, 5.74) is 0.840. The highest BCUT2D eigenvalue weighted by Gasteiger charge is 2.03. The molecule has 2 aromatic rings. The molecule has 0 unspecified atom stereocenters. The number of nitrogens with zero attached hydrogens (tertiary/aromatic N) is 3. The summed E-state index contributed by atoms with van der Waals surface area (Å²) in [6.07, 6.45) is 1.59. The molecule has 0 fully saturated rings. The van der Waals surface area contributed by atoms with Crippen molar-refractivity contribution < 1.29 is 9.26 Å². The van der Waals surface area contributed by atoms with Gasteiger partial charge in [0.2, 0.25) is 11.8 Å². The SMILES string of the molecule is COc1cc(C)nc(NCc2ccno2)n1. The molecule has 1 N–H and O–H groups in total. The number of rotatable bonds is 4. The zero-order chi connectivity index (χ0) is 11.4. The molecule has 0 bridgehead atoms. The van der Waals surface area contributed by atoms with Crippen LogP contribution in [0.2, 0.25) is 0 Å². The molecule has 0 radical (unpaired) electrons. The summed E-state index contributed by atoms with van der Waals surface area (Å²) in [6, 6.07) is 3.54. The number of ether oxygens (including phenoxy) is 1. The Morgan fingerprint density at radius 2 is 2.31 bits per heavy atom. The van der Waals surface area contributed by atoms with Crippen LogP contribution in [0.4, 0.5) is 5.95 Å². The summed E-state index contributed by atoms with van der Waals surface area (Å²) in [5, 5.41) is 6.63. The van der Waals surface area contributed by atoms with Gasteiger partial charge in [0.1, 0.15) is 0 Å². The van der Waals surface area contributed by atoms with Gasteiger partial charge in [0.15, 0.2) is 5.76 Å². The van der Waals surface area contributed by atoms with Crippen molar-refractivity contribution in [1.82, 2.24) is 15.1 Å². The molecule has 0 saturated carbocycles. The quantitative estimate of drug-likeness (QED) is 0.839. The predicted octanol–water partition coefficient (Wildman–Crippen LogP) is 1.39. The van der Waals surface area contributed by atoms with Crippen LogP contribution in [-0.4, -0.2) is 22.2 Å². The van der Waals surface area contributed by atoms with Gasteiger partial charge in [0, 0.05) is 17.8 Å². The maximum absolute atomic E-state index is 5.05. The summed E-state index contributed by atoms with van der Waals surface area (Å²) in [7, 11) is 1.57. The molecule has 0 spiro atoms. The number of nitrogens with one attached hydrogen (secondary N) is 1. The van der Waals surface area contributed by atoms with Gasteiger partial charge in [-0.2, -0.15) is 4.98 Å². The van der Waals surface area contributed by atoms with E-state index in [4.69, 9.17) is 9.26 Å². The maximum atomic E-state index is 5.05. The number of aromatic nitrogens is 3. The van der Waals surface area contributed by atoms with E-state index in [0.29, 0.717) is 18.4 Å². The van der Waals surface area contributed by atoms with Gasteiger partial charge in [-0.3, -0.25) is 0 Å². The van der Waals surface area contributed by atoms with Gasteiger partial charge < -0.3 is 14.6 Å². The minimum atomic E-state index is 0.493. The molecule has 0 aliphatic heterocycles. The van der Waals surface area contributed by atoms with E-state index in [1.807, 2.05) is 6.92 Å². The third kappa shape index (κ3) is 2.47. The Hall–Kier alpha value is -2.11. The standard InChI is InChI=1S/C10H12N4O2/c1-7-5-9(15-2)14-10(13-7)11-6-8-3-4-12-16-8/h3-5H,6H2,1-2H3,(H,11,13,14). The van der Waals surface area contributed by atoms with E-state index >= 15 is 0 Å². The lowest BCUT2D eigenvalue weighted by Crippen LogP contribution is -2.04. The summed E-state index contributed by atoms with van der Waals surface area (Å²) in [5.74, 6) is 1.77. The second-order valence-corrected chi connectivity index (χ2v) is 3.21. The van der Waals surface area contributed by atoms with Gasteiger partial charge in [-0.1, -0.05) is 5.16 Å². The van der Waals surface area contributed by atoms with Crippen LogP contribution in [0.3, 0.4) is 0 Å². The van der Waals surface area contributed by atoms with Crippen LogP contribution in [0.15, 0.2) is 22.9 Å². The minimum absolute atomic E-state index is 0.493. The molecule has 0 aromatic carbocycles. The van der Waals surface area contributed by atoms with Crippen molar-refractivity contribution in [1.29, 1.82) is 0 Å². The molecule has 6 heteroatoms. The first-order valence-corrected chi connectivity index (χ1v) is 4.81. The minimum Gasteiger partial charge on any atom is -0.481 e. The smallest absolute Gasteiger partial charge is 0.226 e. The molecule has 2 heterocycles. The maximum Gasteiger partial charge on any atom is 0.226 e. The van der Waals surface area contributed by atoms with E-state index in [0.717, 1.165) is 11.5 Å². The number of aryl methyl sites for hydroxylation is 1. The van der Waals surface area contributed by atoms with Gasteiger partial charge in [0.05, 0.1) is 19.9 Å². The number of methoxy groups -OCH3 is 1. The highest BCUT2D eigenvalue weighted by molar-refractivity contribution is 5.30. The molecule has 84 valence electrons. The number of anilines is 1. The van der Waals surface area contributed by atoms with Crippen LogP contribution in [0, 0.1) is 6.92 Å². The van der Waals surface area contributed by atoms with E-state index in [2.05, 4.69) is 20.4 Å². The molecule has 2 aromatic heterocycles. The molecular formula is C10H12N4O2. The Morgan fingerprint density at radius 3 is 3.00 bits per heavy atom. The van der Waals surface area contributed by atoms with Crippen LogP contribution in [0.5, 0.6) is 5.88 Å². The monoisotopic (exact) mass is 220 g/mol. The third-order valence-corrected chi connectivity index (χ3v) is 1.95. The van der Waals surface area contributed by atoms with Crippen LogP contribution in [0.1, 0.15) is 11.5 Å². The van der Waals surface area contributed by atoms with E-state index < -0.39 is 0 Å². The van der Waals surface area contributed by atoms with Gasteiger partial charge in [-0.15, -0.1) is 0 Å². The summed E-state index contributed by atoms with van der Waals surface area (Å²) in [4.78, 5) is 8.36. The van der Waals surface area contributed by atoms with E-state index in [1.165, 1.54) is 0 Å². The van der Waals surface area contributed by atoms with Crippen molar-refractivity contribution in [2.45, 2.75) is 13.5 Å². The fourth-order valence-electron chi connectivity index (χ4n) is 1.22. The summed E-state index contributed by atoms with van der Waals surface area (Å²) in [6.45, 7) is 2.37. The molecule has 0 aliphatic carbocycles. The molecule has 0 saturated heterocycles. The molecule has 0 atom stereocenters. The second-order valence-electron chi connectivity index (χ2n) is 3.21. The topological polar surface area (TPSA) is 73.1 Å². The zero-order valence-electron chi connectivity index (χ0n) is 9.10. The Bertz CT molecular complexity index is 456. The van der Waals surface area contributed by atoms with Gasteiger partial charge in [-0.05, 0) is 6.92 Å². The number of hydrogen-bond donors (Lipinski definition) is 1. The molecule has 6 nitrogen and oxygen atoms in total. The van der Waals surface area contributed by atoms with Crippen molar-refractivity contribution >= 4 is 5.95 Å². The lowest BCUT2D eigenvalue weighted by molar-refractivity contribution is 0.386. The van der Waals surface area contributed by atoms with Crippen LogP contribution in [-0.2, 0) is 6.54 Å². The largest absolute Gasteiger partial charge is 0.481 e. The molecule has 0 aliphatic rings. The Kier molecular flexibility index (Phi) is 3.00. The number of hydrogen-bond acceptors (Lipinski definition) is 6. The molecular weight excluding hydrogens is 208 g/mol. The van der Waals surface area contributed by atoms with Crippen molar-refractivity contribution in [3.63, 3.8) is 0 Å². The van der Waals surface area contributed by atoms with Crippen molar-refractivity contribution in [3.05, 3.63) is 29.8 Å². The van der Waals surface area contributed by atoms with Crippen LogP contribution in [0.25, 0.3) is 0 Å². The average molecular weight is 220 g/mol. The Labute approximate surface area is 92.7 Å². The Balaban J connectivity index is 2.06. The lowest BCUT2D eigenvalue weighted by Gasteiger charge is -2.05. The van der Waals surface area contributed by atoms with E-state index in [-0.39, 0.29) is 0 Å². The Morgan fingerprint density at radius 1 is 1.44 bits per heavy atom. The average Bonchev–Trinajstić information content (AvgIpc) is 2.78. The first-order chi connectivity index (χ1) is 7.78. The predicted molar refractivity (Wildman–Crippen MR) is 57.2 cm³/mol. The second kappa shape index (κ2) is 4.61. The first-order valence-electron chi connectivity index (χ1n) is 4.81. The molecule has 2 rings (SSSR count). The van der Waals surface area contributed by atoms with Crippen LogP contribution < -0.4 is 10.1 Å². The normalized spacial score (nSPS) is 10.1. The van der Waals surface area contributed by atoms with E-state index in [1.54, 1.807) is 25.4 Å². The third-order valence-electron chi connectivity index (χ3n) is 1.95. The fraction of sp³-hybridized carbons (Fsp3) is 0.300.